The summed E-state index contributed by atoms with van der Waals surface area (Å²) in [6.45, 7) is 1.75. The molecule has 1 aliphatic carbocycles. The molecule has 11 heteroatoms. The van der Waals surface area contributed by atoms with Crippen LogP contribution in [0, 0.1) is 5.41 Å². The van der Waals surface area contributed by atoms with Crippen molar-refractivity contribution in [3.8, 4) is 0 Å². The number of amides is 4. The van der Waals surface area contributed by atoms with Gasteiger partial charge < -0.3 is 10.2 Å². The van der Waals surface area contributed by atoms with Crippen LogP contribution in [0.2, 0.25) is 0 Å². The van der Waals surface area contributed by atoms with Crippen LogP contribution in [-0.2, 0) is 56.7 Å². The smallest absolute Gasteiger partial charge is 0.309 e. The maximum atomic E-state index is 10.9. The zero-order chi connectivity index (χ0) is 21.3. The summed E-state index contributed by atoms with van der Waals surface area (Å²) < 4.78 is 0. The van der Waals surface area contributed by atoms with Crippen molar-refractivity contribution in [1.82, 2.24) is 10.4 Å². The van der Waals surface area contributed by atoms with Crippen molar-refractivity contribution in [2.75, 3.05) is 0 Å². The van der Waals surface area contributed by atoms with Crippen molar-refractivity contribution >= 4 is 29.6 Å². The number of nitrogens with zero attached hydrogens (tertiary/aromatic N) is 1. The number of aliphatic hydroxyl groups excluding tert-OH is 1. The summed E-state index contributed by atoms with van der Waals surface area (Å²) in [6, 6.07) is 0. The largest absolute Gasteiger partial charge is 0.481 e. The van der Waals surface area contributed by atoms with Crippen LogP contribution in [0.15, 0.2) is 12.2 Å². The standard InChI is InChI=1S/C10H16O3.C4H5NO3.C4H5NO2.Y/c1-10(9(12)13)6-3-2-4-8(11)5-7-10;6-3-1-2-4(7)5(3)8;6-3-1-2-4(7)5-3;/h2,4,8,11H,3,5-7H2,1H3,(H,12,13);8H,1-2H2;1-2H2,(H,5,6,7);/b4-2+;;;. The van der Waals surface area contributed by atoms with Crippen molar-refractivity contribution in [1.29, 1.82) is 0 Å². The van der Waals surface area contributed by atoms with E-state index in [9.17, 15) is 29.1 Å². The van der Waals surface area contributed by atoms with Crippen molar-refractivity contribution in [2.45, 2.75) is 64.4 Å². The van der Waals surface area contributed by atoms with Gasteiger partial charge in [0.15, 0.2) is 0 Å². The fraction of sp³-hybridized carbons (Fsp3) is 0.611. The number of carbonyl (C=O) groups is 5. The molecule has 0 spiro atoms. The number of imide groups is 2. The van der Waals surface area contributed by atoms with E-state index in [4.69, 9.17) is 10.3 Å². The van der Waals surface area contributed by atoms with Gasteiger partial charge in [0.25, 0.3) is 11.8 Å². The third kappa shape index (κ3) is 9.71. The molecule has 0 aromatic carbocycles. The van der Waals surface area contributed by atoms with Crippen LogP contribution in [0.4, 0.5) is 0 Å². The van der Waals surface area contributed by atoms with Gasteiger partial charge in [-0.2, -0.15) is 5.06 Å². The topological polar surface area (TPSA) is 161 Å². The molecule has 2 aliphatic heterocycles. The van der Waals surface area contributed by atoms with Crippen LogP contribution < -0.4 is 5.32 Å². The molecule has 0 aromatic rings. The molecule has 0 aromatic heterocycles. The van der Waals surface area contributed by atoms with Crippen molar-refractivity contribution in [3.63, 3.8) is 0 Å². The minimum atomic E-state index is -0.755. The van der Waals surface area contributed by atoms with E-state index in [1.54, 1.807) is 13.0 Å². The molecule has 3 aliphatic rings. The molecule has 2 saturated heterocycles. The van der Waals surface area contributed by atoms with E-state index < -0.39 is 29.3 Å². The van der Waals surface area contributed by atoms with Crippen molar-refractivity contribution < 1.29 is 72.1 Å². The maximum Gasteiger partial charge on any atom is 0.309 e. The van der Waals surface area contributed by atoms with E-state index >= 15 is 0 Å². The van der Waals surface area contributed by atoms with Crippen LogP contribution in [0.5, 0.6) is 0 Å². The van der Waals surface area contributed by atoms with Crippen molar-refractivity contribution in [2.24, 2.45) is 5.41 Å². The first kappa shape index (κ1) is 27.5. The van der Waals surface area contributed by atoms with Gasteiger partial charge in [-0.1, -0.05) is 12.2 Å². The second-order valence-electron chi connectivity index (χ2n) is 7.01. The Morgan fingerprint density at radius 1 is 1.07 bits per heavy atom. The fourth-order valence-corrected chi connectivity index (χ4v) is 2.63. The van der Waals surface area contributed by atoms with Gasteiger partial charge in [0.05, 0.1) is 11.5 Å². The molecule has 2 atom stereocenters. The third-order valence-electron chi connectivity index (χ3n) is 4.61. The summed E-state index contributed by atoms with van der Waals surface area (Å²) in [5, 5.41) is 29.0. The molecule has 2 unspecified atom stereocenters. The summed E-state index contributed by atoms with van der Waals surface area (Å²) in [4.78, 5) is 51.7. The first-order valence-electron chi connectivity index (χ1n) is 9.00. The van der Waals surface area contributed by atoms with Gasteiger partial charge in [-0.25, -0.2) is 0 Å². The molecular weight excluding hydrogens is 461 g/mol. The van der Waals surface area contributed by atoms with Gasteiger partial charge in [-0.15, -0.1) is 0 Å². The first-order chi connectivity index (χ1) is 13.0. The quantitative estimate of drug-likeness (QED) is 0.236. The van der Waals surface area contributed by atoms with Gasteiger partial charge in [0, 0.05) is 58.4 Å². The monoisotopic (exact) mass is 487 g/mol. The predicted octanol–water partition coefficient (Wildman–Crippen LogP) is 0.514. The Labute approximate surface area is 193 Å². The molecule has 159 valence electrons. The number of aliphatic carboxylic acids is 1. The molecule has 4 amide bonds. The summed E-state index contributed by atoms with van der Waals surface area (Å²) in [5.74, 6) is -2.06. The minimum absolute atomic E-state index is 0. The van der Waals surface area contributed by atoms with Gasteiger partial charge in [0.2, 0.25) is 11.8 Å². The number of hydrogen-bond acceptors (Lipinski definition) is 7. The number of hydrogen-bond donors (Lipinski definition) is 4. The zero-order valence-electron chi connectivity index (χ0n) is 16.3. The Balaban J connectivity index is 0.000000423. The first-order valence-corrected chi connectivity index (χ1v) is 9.00. The fourth-order valence-electron chi connectivity index (χ4n) is 2.63. The number of aliphatic hydroxyl groups is 1. The molecular formula is C18H26N2O8Y. The Bertz CT molecular complexity index is 636. The van der Waals surface area contributed by atoms with Crippen LogP contribution >= 0.6 is 0 Å². The van der Waals surface area contributed by atoms with E-state index in [0.717, 1.165) is 6.42 Å². The molecule has 0 bridgehead atoms. The minimum Gasteiger partial charge on any atom is -0.481 e. The Kier molecular flexibility index (Phi) is 12.3. The second-order valence-corrected chi connectivity index (χ2v) is 7.01. The van der Waals surface area contributed by atoms with Crippen LogP contribution in [0.3, 0.4) is 0 Å². The Morgan fingerprint density at radius 3 is 1.93 bits per heavy atom. The third-order valence-corrected chi connectivity index (χ3v) is 4.61. The number of carboxylic acid groups (broad SMARTS) is 1. The SMILES string of the molecule is CC1(C(=O)O)CC/C=C/C(O)CC1.O=C1CCC(=O)N1.O=C1CCC(=O)N1O.[Y]. The second kappa shape index (κ2) is 12.9. The molecule has 29 heavy (non-hydrogen) atoms. The average Bonchev–Trinajstić information content (AvgIpc) is 3.15. The summed E-state index contributed by atoms with van der Waals surface area (Å²) in [5.41, 5.74) is -0.661. The molecule has 3 rings (SSSR count). The van der Waals surface area contributed by atoms with Gasteiger partial charge in [-0.3, -0.25) is 34.5 Å². The molecule has 10 nitrogen and oxygen atoms in total. The van der Waals surface area contributed by atoms with Crippen LogP contribution in [0.25, 0.3) is 0 Å². The molecule has 2 heterocycles. The number of nitrogens with one attached hydrogen (secondary N) is 1. The Morgan fingerprint density at radius 2 is 1.59 bits per heavy atom. The zero-order valence-corrected chi connectivity index (χ0v) is 19.1. The van der Waals surface area contributed by atoms with E-state index in [1.165, 1.54) is 0 Å². The van der Waals surface area contributed by atoms with Gasteiger partial charge in [0.1, 0.15) is 0 Å². The number of hydroxylamine groups is 2. The van der Waals surface area contributed by atoms with Crippen LogP contribution in [-0.4, -0.2) is 56.2 Å². The molecule has 2 fully saturated rings. The molecule has 1 radical (unpaired) electrons. The molecule has 0 saturated carbocycles. The summed E-state index contributed by atoms with van der Waals surface area (Å²) in [7, 11) is 0. The summed E-state index contributed by atoms with van der Waals surface area (Å²) >= 11 is 0. The van der Waals surface area contributed by atoms with E-state index in [1.807, 2.05) is 6.08 Å². The number of rotatable bonds is 1. The number of allylic oxidation sites excluding steroid dienone is 1. The normalized spacial score (nSPS) is 27.3. The summed E-state index contributed by atoms with van der Waals surface area (Å²) in [6.07, 6.45) is 6.67. The number of carbonyl (C=O) groups excluding carboxylic acids is 4. The molecule has 4 N–H and O–H groups in total. The number of carboxylic acids is 1. The van der Waals surface area contributed by atoms with E-state index in [0.29, 0.717) is 32.1 Å². The van der Waals surface area contributed by atoms with Crippen LogP contribution in [0.1, 0.15) is 58.3 Å². The van der Waals surface area contributed by atoms with Gasteiger partial charge in [-0.05, 0) is 32.6 Å². The van der Waals surface area contributed by atoms with E-state index in [-0.39, 0.29) is 62.4 Å². The average molecular weight is 487 g/mol. The maximum absolute atomic E-state index is 10.9. The Hall–Kier alpha value is -1.49. The van der Waals surface area contributed by atoms with E-state index in [2.05, 4.69) is 5.32 Å². The predicted molar refractivity (Wildman–Crippen MR) is 94.6 cm³/mol. The van der Waals surface area contributed by atoms with Gasteiger partial charge >= 0.3 is 5.97 Å². The van der Waals surface area contributed by atoms with Crippen molar-refractivity contribution in [3.05, 3.63) is 12.2 Å².